The van der Waals surface area contributed by atoms with Crippen LogP contribution in [0, 0.1) is 23.7 Å². The van der Waals surface area contributed by atoms with Crippen LogP contribution >= 0.6 is 0 Å². The fraction of sp³-hybridized carbons (Fsp3) is 0.623. The standard InChI is InChI=1S/C61H86N10O15/c1-9-36(6)51-56(80)63-43(25-39-17-19-40(74)20-18-39)52(76)64-44(31-72)57(81)68-21-13-16-46(68)59(83)71-30-41(75)27-49(71)60(84)70-29-35(5)24-50(70)61(85)86-32-45(65-54(78)47(67(8)37(7)73)26-38-14-11-10-12-15-38)58(82)69-28-34(4)23-48(69)55(79)62-42(22-33(2)3)53(77)66-51/h10-12,14-15,17-20,33-36,41-51,72,74-75H,9,13,16,21-32H2,1-8H3,(H,62,79)(H,63,80)(H,64,76)(H,65,78)(H,66,77)/t34-,35-,36-,41+,42+,43-,44?,45?,46-,47-,48-,49-,50-,51-/m0/s1. The molecule has 470 valence electrons. The van der Waals surface area contributed by atoms with E-state index in [1.54, 1.807) is 51.1 Å². The van der Waals surface area contributed by atoms with Gasteiger partial charge in [-0.25, -0.2) is 4.79 Å². The van der Waals surface area contributed by atoms with E-state index in [4.69, 9.17) is 4.74 Å². The van der Waals surface area contributed by atoms with Crippen molar-refractivity contribution < 1.29 is 72.8 Å². The van der Waals surface area contributed by atoms with Crippen molar-refractivity contribution in [2.75, 3.05) is 46.4 Å². The number of rotatable bonds is 12. The zero-order chi connectivity index (χ0) is 62.8. The molecule has 5 aliphatic heterocycles. The van der Waals surface area contributed by atoms with E-state index >= 15 is 4.79 Å². The number of likely N-dealkylation sites (N-methyl/N-ethyl adjacent to an activating group) is 1. The van der Waals surface area contributed by atoms with Gasteiger partial charge in [-0.1, -0.05) is 90.4 Å². The maximum Gasteiger partial charge on any atom is 0.328 e. The number of amides is 10. The minimum absolute atomic E-state index is 0.00900. The number of aromatic hydroxyl groups is 1. The van der Waals surface area contributed by atoms with Crippen LogP contribution in [-0.2, 0) is 70.3 Å². The van der Waals surface area contributed by atoms with E-state index < -0.39 is 151 Å². The van der Waals surface area contributed by atoms with Gasteiger partial charge in [-0.15, -0.1) is 0 Å². The molecule has 14 atom stereocenters. The number of benzene rings is 2. The third-order valence-electron chi connectivity index (χ3n) is 17.3. The van der Waals surface area contributed by atoms with Crippen LogP contribution in [0.3, 0.4) is 0 Å². The summed E-state index contributed by atoms with van der Waals surface area (Å²) >= 11 is 0. The van der Waals surface area contributed by atoms with Crippen LogP contribution in [0.2, 0.25) is 0 Å². The largest absolute Gasteiger partial charge is 0.508 e. The molecule has 0 radical (unpaired) electrons. The molecule has 8 N–H and O–H groups in total. The van der Waals surface area contributed by atoms with Crippen LogP contribution < -0.4 is 26.6 Å². The van der Waals surface area contributed by atoms with E-state index in [2.05, 4.69) is 26.6 Å². The first-order valence-corrected chi connectivity index (χ1v) is 30.0. The predicted octanol–water partition coefficient (Wildman–Crippen LogP) is -0.484. The van der Waals surface area contributed by atoms with Gasteiger partial charge < -0.3 is 71.1 Å². The van der Waals surface area contributed by atoms with Crippen molar-refractivity contribution in [3.8, 4) is 5.75 Å². The molecule has 25 heteroatoms. The minimum atomic E-state index is -1.68. The van der Waals surface area contributed by atoms with Crippen molar-refractivity contribution in [2.45, 2.75) is 173 Å². The molecule has 0 spiro atoms. The van der Waals surface area contributed by atoms with Crippen molar-refractivity contribution >= 4 is 65.0 Å². The third kappa shape index (κ3) is 15.8. The molecule has 86 heavy (non-hydrogen) atoms. The number of carbonyl (C=O) groups is 11. The van der Waals surface area contributed by atoms with Gasteiger partial charge in [0, 0.05) is 59.4 Å². The Kier molecular flexibility index (Phi) is 22.3. The lowest BCUT2D eigenvalue weighted by Crippen LogP contribution is -2.62. The van der Waals surface area contributed by atoms with Gasteiger partial charge in [0.25, 0.3) is 0 Å². The SMILES string of the molecule is CC[C@H](C)[C@@H]1NC(=O)[C@@H](CC(C)C)NC(=O)[C@@H]2C[C@H](C)CN2C(=O)C(NC(=O)[C@H](Cc2ccccc2)N(C)C(C)=O)COC(=O)[C@@H]2C[C@H](C)CN2C(=O)[C@@H]2C[C@@H](O)CN2C(=O)[C@@H]2CCCN2C(=O)C(CO)NC(=O)[C@H](Cc2ccc(O)cc2)NC1=O. The van der Waals surface area contributed by atoms with E-state index in [1.165, 1.54) is 62.7 Å². The quantitative estimate of drug-likeness (QED) is 0.125. The average Bonchev–Trinajstić information content (AvgIpc) is 2.07. The Balaban J connectivity index is 1.28. The maximum atomic E-state index is 15.2. The van der Waals surface area contributed by atoms with E-state index in [1.807, 2.05) is 20.8 Å². The number of esters is 1. The molecule has 25 nitrogen and oxygen atoms in total. The molecule has 5 fully saturated rings. The predicted molar refractivity (Wildman–Crippen MR) is 310 cm³/mol. The van der Waals surface area contributed by atoms with E-state index in [-0.39, 0.29) is 94.6 Å². The van der Waals surface area contributed by atoms with Gasteiger partial charge in [-0.05, 0) is 79.0 Å². The molecule has 2 aromatic carbocycles. The molecule has 5 heterocycles. The topological polar surface area (TPSA) is 334 Å². The second kappa shape index (κ2) is 29.1. The van der Waals surface area contributed by atoms with Gasteiger partial charge in [0.05, 0.1) is 12.7 Å². The molecule has 2 aromatic rings. The highest BCUT2D eigenvalue weighted by atomic mass is 16.5. The number of phenolic OH excluding ortho intramolecular Hbond substituents is 1. The lowest BCUT2D eigenvalue weighted by molar-refractivity contribution is -0.158. The molecule has 7 rings (SSSR count). The highest BCUT2D eigenvalue weighted by molar-refractivity contribution is 6.00. The van der Waals surface area contributed by atoms with Crippen molar-refractivity contribution in [2.24, 2.45) is 23.7 Å². The molecule has 0 aromatic heterocycles. The van der Waals surface area contributed by atoms with Crippen molar-refractivity contribution in [3.05, 3.63) is 65.7 Å². The number of cyclic esters (lactones) is 1. The van der Waals surface area contributed by atoms with Crippen LogP contribution in [0.15, 0.2) is 54.6 Å². The van der Waals surface area contributed by atoms with E-state index in [0.717, 1.165) is 0 Å². The summed E-state index contributed by atoms with van der Waals surface area (Å²) in [5.41, 5.74) is 1.15. The number of hydrogen-bond acceptors (Lipinski definition) is 15. The molecule has 10 amide bonds. The Morgan fingerprint density at radius 1 is 0.686 bits per heavy atom. The first-order chi connectivity index (χ1) is 40.8. The van der Waals surface area contributed by atoms with Gasteiger partial charge in [0.15, 0.2) is 0 Å². The van der Waals surface area contributed by atoms with Gasteiger partial charge in [0.2, 0.25) is 59.1 Å². The van der Waals surface area contributed by atoms with Gasteiger partial charge in [-0.3, -0.25) is 47.9 Å². The highest BCUT2D eigenvalue weighted by Crippen LogP contribution is 2.32. The number of nitrogens with one attached hydrogen (secondary N) is 5. The lowest BCUT2D eigenvalue weighted by atomic mass is 9.95. The Labute approximate surface area is 501 Å². The van der Waals surface area contributed by atoms with E-state index in [9.17, 15) is 63.3 Å². The minimum Gasteiger partial charge on any atom is -0.508 e. The number of aliphatic hydroxyl groups is 2. The summed E-state index contributed by atoms with van der Waals surface area (Å²) in [4.78, 5) is 166. The summed E-state index contributed by atoms with van der Waals surface area (Å²) in [7, 11) is 1.43. The Hall–Kier alpha value is -7.67. The number of carbonyl (C=O) groups excluding carboxylic acids is 11. The first-order valence-electron chi connectivity index (χ1n) is 30.0. The number of nitrogens with zero attached hydrogens (tertiary/aromatic N) is 5. The maximum absolute atomic E-state index is 15.2. The van der Waals surface area contributed by atoms with Crippen LogP contribution in [0.25, 0.3) is 0 Å². The lowest BCUT2D eigenvalue weighted by Gasteiger charge is -2.35. The molecule has 0 bridgehead atoms. The summed E-state index contributed by atoms with van der Waals surface area (Å²) in [5.74, 6) is -9.95. The fourth-order valence-electron chi connectivity index (χ4n) is 12.3. The van der Waals surface area contributed by atoms with Gasteiger partial charge in [-0.2, -0.15) is 0 Å². The Bertz CT molecular complexity index is 2820. The number of hydrogen-bond donors (Lipinski definition) is 8. The van der Waals surface area contributed by atoms with Crippen LogP contribution in [0.5, 0.6) is 5.75 Å². The molecule has 5 aliphatic rings. The second-order valence-corrected chi connectivity index (χ2v) is 24.5. The summed E-state index contributed by atoms with van der Waals surface area (Å²) in [5, 5.41) is 45.6. The summed E-state index contributed by atoms with van der Waals surface area (Å²) in [6, 6.07) is 1.06. The fourth-order valence-corrected chi connectivity index (χ4v) is 12.3. The molecule has 0 saturated carbocycles. The Morgan fingerprint density at radius 3 is 1.91 bits per heavy atom. The monoisotopic (exact) mass is 1200 g/mol. The summed E-state index contributed by atoms with van der Waals surface area (Å²) in [6.07, 6.45) is -0.542. The van der Waals surface area contributed by atoms with Crippen LogP contribution in [-0.4, -0.2) is 218 Å². The van der Waals surface area contributed by atoms with Crippen molar-refractivity contribution in [1.82, 2.24) is 51.1 Å². The number of ether oxygens (including phenoxy) is 1. The Morgan fingerprint density at radius 2 is 1.28 bits per heavy atom. The third-order valence-corrected chi connectivity index (χ3v) is 17.3. The number of phenols is 1. The molecule has 5 saturated heterocycles. The number of fused-ring (bicyclic) bond motifs is 4. The van der Waals surface area contributed by atoms with Gasteiger partial charge >= 0.3 is 5.97 Å². The van der Waals surface area contributed by atoms with Gasteiger partial charge in [0.1, 0.15) is 72.8 Å². The second-order valence-electron chi connectivity index (χ2n) is 24.5. The van der Waals surface area contributed by atoms with Crippen LogP contribution in [0.1, 0.15) is 105 Å². The smallest absolute Gasteiger partial charge is 0.328 e. The molecule has 0 aliphatic carbocycles. The number of aliphatic hydroxyl groups excluding tert-OH is 2. The molecular formula is C61H86N10O15. The zero-order valence-electron chi connectivity index (χ0n) is 50.4. The highest BCUT2D eigenvalue weighted by Gasteiger charge is 2.51. The van der Waals surface area contributed by atoms with Crippen molar-refractivity contribution in [1.29, 1.82) is 0 Å². The zero-order valence-corrected chi connectivity index (χ0v) is 50.4. The molecular weight excluding hydrogens is 1110 g/mol. The van der Waals surface area contributed by atoms with E-state index in [0.29, 0.717) is 24.0 Å². The van der Waals surface area contributed by atoms with Crippen molar-refractivity contribution in [3.63, 3.8) is 0 Å². The normalized spacial score (nSPS) is 29.3. The summed E-state index contributed by atoms with van der Waals surface area (Å²) < 4.78 is 5.94. The molecule has 2 unspecified atom stereocenters. The average molecular weight is 1200 g/mol. The summed E-state index contributed by atoms with van der Waals surface area (Å²) in [6.45, 7) is 10.0. The van der Waals surface area contributed by atoms with Crippen LogP contribution in [0.4, 0.5) is 0 Å². The first kappa shape index (κ1) is 65.9.